The normalized spacial score (nSPS) is 15.6. The summed E-state index contributed by atoms with van der Waals surface area (Å²) in [5, 5.41) is 13.6. The third kappa shape index (κ3) is 4.84. The van der Waals surface area contributed by atoms with Gasteiger partial charge < -0.3 is 10.4 Å². The van der Waals surface area contributed by atoms with Gasteiger partial charge in [-0.1, -0.05) is 54.4 Å². The number of benzene rings is 1. The Hall–Kier alpha value is -1.99. The van der Waals surface area contributed by atoms with E-state index in [0.717, 1.165) is 49.1 Å². The molecule has 1 heterocycles. The quantitative estimate of drug-likeness (QED) is 0.563. The molecule has 1 atom stereocenters. The first-order chi connectivity index (χ1) is 13.0. The second-order valence-electron chi connectivity index (χ2n) is 6.64. The number of nitrogens with zero attached hydrogens (tertiary/aromatic N) is 2. The van der Waals surface area contributed by atoms with Crippen LogP contribution >= 0.6 is 23.4 Å². The maximum absolute atomic E-state index is 12.4. The molecule has 0 spiro atoms. The Morgan fingerprint density at radius 2 is 2.11 bits per heavy atom. The first-order valence-corrected chi connectivity index (χ1v) is 10.3. The summed E-state index contributed by atoms with van der Waals surface area (Å²) in [4.78, 5) is 28.8. The largest absolute Gasteiger partial charge is 0.493 e. The fourth-order valence-corrected chi connectivity index (χ4v) is 4.56. The van der Waals surface area contributed by atoms with Crippen LogP contribution in [0, 0.1) is 0 Å². The summed E-state index contributed by atoms with van der Waals surface area (Å²) in [5.41, 5.74) is 0.567. The second-order valence-corrected chi connectivity index (χ2v) is 7.99. The van der Waals surface area contributed by atoms with E-state index in [1.54, 1.807) is 10.6 Å². The predicted octanol–water partition coefficient (Wildman–Crippen LogP) is 3.69. The van der Waals surface area contributed by atoms with Crippen molar-refractivity contribution in [2.45, 2.75) is 49.8 Å². The maximum Gasteiger partial charge on any atom is 0.258 e. The van der Waals surface area contributed by atoms with Crippen molar-refractivity contribution in [3.05, 3.63) is 51.3 Å². The predicted molar refractivity (Wildman–Crippen MR) is 106 cm³/mol. The van der Waals surface area contributed by atoms with Crippen molar-refractivity contribution in [2.24, 2.45) is 0 Å². The van der Waals surface area contributed by atoms with E-state index in [1.807, 2.05) is 25.1 Å². The minimum absolute atomic E-state index is 0.0817. The van der Waals surface area contributed by atoms with E-state index < -0.39 is 0 Å². The van der Waals surface area contributed by atoms with Gasteiger partial charge in [-0.15, -0.1) is 0 Å². The van der Waals surface area contributed by atoms with Crippen LogP contribution in [0.15, 0.2) is 40.3 Å². The van der Waals surface area contributed by atoms with Crippen molar-refractivity contribution < 1.29 is 9.90 Å². The zero-order valence-corrected chi connectivity index (χ0v) is 16.6. The molecule has 6 nitrogen and oxygen atoms in total. The van der Waals surface area contributed by atoms with Crippen molar-refractivity contribution in [2.75, 3.05) is 5.75 Å². The van der Waals surface area contributed by atoms with Crippen LogP contribution < -0.4 is 10.9 Å². The van der Waals surface area contributed by atoms with E-state index in [-0.39, 0.29) is 35.2 Å². The van der Waals surface area contributed by atoms with Crippen LogP contribution in [0.5, 0.6) is 5.88 Å². The Bertz CT molecular complexity index is 881. The van der Waals surface area contributed by atoms with Gasteiger partial charge in [-0.05, 0) is 31.4 Å². The van der Waals surface area contributed by atoms with Gasteiger partial charge in [0.25, 0.3) is 5.56 Å². The molecule has 1 aliphatic rings. The first-order valence-electron chi connectivity index (χ1n) is 8.95. The van der Waals surface area contributed by atoms with Gasteiger partial charge in [0.15, 0.2) is 5.16 Å². The maximum atomic E-state index is 12.4. The SMILES string of the molecule is C[C@H](NC(=O)CSc1nc(O)cc(=O)n1C1CCCC1)c1ccccc1Cl. The lowest BCUT2D eigenvalue weighted by atomic mass is 10.1. The summed E-state index contributed by atoms with van der Waals surface area (Å²) in [6, 6.07) is 8.34. The number of halogens is 1. The van der Waals surface area contributed by atoms with Crippen LogP contribution in [0.25, 0.3) is 0 Å². The van der Waals surface area contributed by atoms with Crippen LogP contribution in [0.1, 0.15) is 50.3 Å². The summed E-state index contributed by atoms with van der Waals surface area (Å²) in [7, 11) is 0. The number of carbonyl (C=O) groups is 1. The molecule has 1 aliphatic carbocycles. The molecule has 0 bridgehead atoms. The molecule has 1 fully saturated rings. The zero-order valence-electron chi connectivity index (χ0n) is 15.0. The lowest BCUT2D eigenvalue weighted by Gasteiger charge is -2.18. The number of aromatic hydroxyl groups is 1. The van der Waals surface area contributed by atoms with Crippen molar-refractivity contribution in [3.8, 4) is 5.88 Å². The van der Waals surface area contributed by atoms with Crippen molar-refractivity contribution in [3.63, 3.8) is 0 Å². The Kier molecular flexibility index (Phi) is 6.44. The fraction of sp³-hybridized carbons (Fsp3) is 0.421. The average molecular weight is 408 g/mol. The van der Waals surface area contributed by atoms with Crippen molar-refractivity contribution >= 4 is 29.3 Å². The summed E-state index contributed by atoms with van der Waals surface area (Å²) in [6.07, 6.45) is 3.96. The topological polar surface area (TPSA) is 84.2 Å². The highest BCUT2D eigenvalue weighted by atomic mass is 35.5. The molecule has 3 rings (SSSR count). The molecule has 27 heavy (non-hydrogen) atoms. The highest BCUT2D eigenvalue weighted by molar-refractivity contribution is 7.99. The minimum atomic E-state index is -0.318. The van der Waals surface area contributed by atoms with Gasteiger partial charge in [0.05, 0.1) is 17.9 Å². The van der Waals surface area contributed by atoms with Crippen molar-refractivity contribution in [1.82, 2.24) is 14.9 Å². The second kappa shape index (κ2) is 8.80. The van der Waals surface area contributed by atoms with E-state index in [0.29, 0.717) is 10.2 Å². The number of amides is 1. The van der Waals surface area contributed by atoms with Gasteiger partial charge >= 0.3 is 0 Å². The monoisotopic (exact) mass is 407 g/mol. The lowest BCUT2D eigenvalue weighted by molar-refractivity contribution is -0.119. The molecule has 2 aromatic rings. The number of carbonyl (C=O) groups excluding carboxylic acids is 1. The lowest BCUT2D eigenvalue weighted by Crippen LogP contribution is -2.29. The average Bonchev–Trinajstić information content (AvgIpc) is 3.13. The summed E-state index contributed by atoms with van der Waals surface area (Å²) >= 11 is 7.33. The summed E-state index contributed by atoms with van der Waals surface area (Å²) < 4.78 is 1.61. The summed E-state index contributed by atoms with van der Waals surface area (Å²) in [5.74, 6) is -0.415. The number of aromatic nitrogens is 2. The number of rotatable bonds is 6. The Labute approximate surface area is 167 Å². The molecular weight excluding hydrogens is 386 g/mol. The Morgan fingerprint density at radius 3 is 2.81 bits per heavy atom. The van der Waals surface area contributed by atoms with Gasteiger partial charge in [0.1, 0.15) is 0 Å². The van der Waals surface area contributed by atoms with E-state index in [1.165, 1.54) is 0 Å². The van der Waals surface area contributed by atoms with Gasteiger partial charge in [-0.2, -0.15) is 4.98 Å². The molecule has 1 amide bonds. The third-order valence-electron chi connectivity index (χ3n) is 4.68. The molecule has 0 aliphatic heterocycles. The number of nitrogens with one attached hydrogen (secondary N) is 1. The molecule has 1 aromatic carbocycles. The molecule has 1 aromatic heterocycles. The Balaban J connectivity index is 1.68. The fourth-order valence-electron chi connectivity index (χ4n) is 3.38. The van der Waals surface area contributed by atoms with Crippen LogP contribution in [0.3, 0.4) is 0 Å². The molecule has 0 radical (unpaired) electrons. The third-order valence-corrected chi connectivity index (χ3v) is 5.97. The van der Waals surface area contributed by atoms with Crippen LogP contribution in [0.4, 0.5) is 0 Å². The number of hydrogen-bond acceptors (Lipinski definition) is 5. The molecule has 1 saturated carbocycles. The first kappa shape index (κ1) is 19.8. The summed E-state index contributed by atoms with van der Waals surface area (Å²) in [6.45, 7) is 1.87. The minimum Gasteiger partial charge on any atom is -0.493 e. The van der Waals surface area contributed by atoms with Gasteiger partial charge in [-0.25, -0.2) is 0 Å². The van der Waals surface area contributed by atoms with Gasteiger partial charge in [0.2, 0.25) is 11.8 Å². The molecule has 0 unspecified atom stereocenters. The number of thioether (sulfide) groups is 1. The zero-order chi connectivity index (χ0) is 19.4. The van der Waals surface area contributed by atoms with Crippen LogP contribution in [0.2, 0.25) is 5.02 Å². The Morgan fingerprint density at radius 1 is 1.41 bits per heavy atom. The van der Waals surface area contributed by atoms with Crippen molar-refractivity contribution in [1.29, 1.82) is 0 Å². The van der Waals surface area contributed by atoms with E-state index in [2.05, 4.69) is 10.3 Å². The highest BCUT2D eigenvalue weighted by Crippen LogP contribution is 2.31. The van der Waals surface area contributed by atoms with Gasteiger partial charge in [-0.3, -0.25) is 14.2 Å². The molecule has 2 N–H and O–H groups in total. The molecular formula is C19H22ClN3O3S. The van der Waals surface area contributed by atoms with E-state index in [4.69, 9.17) is 11.6 Å². The van der Waals surface area contributed by atoms with Crippen LogP contribution in [-0.2, 0) is 4.79 Å². The molecule has 144 valence electrons. The van der Waals surface area contributed by atoms with E-state index >= 15 is 0 Å². The molecule has 8 heteroatoms. The van der Waals surface area contributed by atoms with Gasteiger partial charge in [0, 0.05) is 11.1 Å². The number of hydrogen-bond donors (Lipinski definition) is 2. The standard InChI is InChI=1S/C19H22ClN3O3S/c1-12(14-8-4-5-9-15(14)20)21-17(25)11-27-19-22-16(24)10-18(26)23(19)13-6-2-3-7-13/h4-5,8-10,12-13,24H,2-3,6-7,11H2,1H3,(H,21,25)/t12-/m0/s1. The molecule has 0 saturated heterocycles. The smallest absolute Gasteiger partial charge is 0.258 e. The van der Waals surface area contributed by atoms with E-state index in [9.17, 15) is 14.7 Å². The van der Waals surface area contributed by atoms with Crippen LogP contribution in [-0.4, -0.2) is 26.3 Å². The highest BCUT2D eigenvalue weighted by Gasteiger charge is 2.23.